The third-order valence-corrected chi connectivity index (χ3v) is 2.13. The summed E-state index contributed by atoms with van der Waals surface area (Å²) in [6.07, 6.45) is 2.85. The first-order chi connectivity index (χ1) is 9.19. The number of benzene rings is 1. The van der Waals surface area contributed by atoms with Gasteiger partial charge in [-0.15, -0.1) is 0 Å². The van der Waals surface area contributed by atoms with Gasteiger partial charge in [0.2, 0.25) is 0 Å². The van der Waals surface area contributed by atoms with Crippen molar-refractivity contribution >= 4 is 5.97 Å². The van der Waals surface area contributed by atoms with Crippen molar-refractivity contribution < 1.29 is 19.0 Å². The van der Waals surface area contributed by atoms with Crippen LogP contribution in [0.15, 0.2) is 30.4 Å². The lowest BCUT2D eigenvalue weighted by Gasteiger charge is -2.06. The van der Waals surface area contributed by atoms with Crippen molar-refractivity contribution in [3.63, 3.8) is 0 Å². The molecule has 0 spiro atoms. The molecular weight excluding hydrogens is 246 g/mol. The lowest BCUT2D eigenvalue weighted by molar-refractivity contribution is -0.137. The van der Waals surface area contributed by atoms with Gasteiger partial charge in [-0.25, -0.2) is 4.79 Å². The molecule has 100 valence electrons. The van der Waals surface area contributed by atoms with E-state index in [1.165, 1.54) is 13.2 Å². The van der Waals surface area contributed by atoms with Gasteiger partial charge in [-0.2, -0.15) is 5.26 Å². The summed E-state index contributed by atoms with van der Waals surface area (Å²) in [7, 11) is 1.51. The van der Waals surface area contributed by atoms with E-state index in [-0.39, 0.29) is 6.61 Å². The number of nitrogens with zero attached hydrogens (tertiary/aromatic N) is 1. The van der Waals surface area contributed by atoms with Gasteiger partial charge in [-0.05, 0) is 25.1 Å². The predicted octanol–water partition coefficient (Wildman–Crippen LogP) is 2.06. The van der Waals surface area contributed by atoms with Crippen LogP contribution >= 0.6 is 0 Å². The van der Waals surface area contributed by atoms with Crippen molar-refractivity contribution in [3.8, 4) is 17.6 Å². The Bertz CT molecular complexity index is 503. The summed E-state index contributed by atoms with van der Waals surface area (Å²) in [5, 5.41) is 8.85. The fourth-order valence-electron chi connectivity index (χ4n) is 1.32. The second-order valence-corrected chi connectivity index (χ2v) is 3.47. The molecule has 1 aromatic carbocycles. The first kappa shape index (κ1) is 14.6. The van der Waals surface area contributed by atoms with Gasteiger partial charge in [0.05, 0.1) is 25.3 Å². The minimum atomic E-state index is -0.408. The maximum Gasteiger partial charge on any atom is 0.330 e. The van der Waals surface area contributed by atoms with Crippen LogP contribution in [0.25, 0.3) is 0 Å². The van der Waals surface area contributed by atoms with E-state index in [9.17, 15) is 4.79 Å². The number of ether oxygens (including phenoxy) is 3. The van der Waals surface area contributed by atoms with E-state index in [1.54, 1.807) is 31.2 Å². The Morgan fingerprint density at radius 2 is 2.11 bits per heavy atom. The molecule has 5 nitrogen and oxygen atoms in total. The lowest BCUT2D eigenvalue weighted by Crippen LogP contribution is -2.01. The van der Waals surface area contributed by atoms with Crippen molar-refractivity contribution in [2.75, 3.05) is 20.3 Å². The van der Waals surface area contributed by atoms with Crippen LogP contribution in [0.1, 0.15) is 12.5 Å². The third kappa shape index (κ3) is 5.13. The Labute approximate surface area is 112 Å². The van der Waals surface area contributed by atoms with Crippen LogP contribution in [0.2, 0.25) is 0 Å². The van der Waals surface area contributed by atoms with Crippen LogP contribution in [0.5, 0.6) is 11.5 Å². The number of hydrogen-bond donors (Lipinski definition) is 0. The summed E-state index contributed by atoms with van der Waals surface area (Å²) >= 11 is 0. The van der Waals surface area contributed by atoms with Gasteiger partial charge in [0, 0.05) is 12.1 Å². The highest BCUT2D eigenvalue weighted by atomic mass is 16.5. The minimum absolute atomic E-state index is 0.205. The van der Waals surface area contributed by atoms with Crippen molar-refractivity contribution in [2.45, 2.75) is 6.92 Å². The molecule has 0 unspecified atom stereocenters. The number of carbonyl (C=O) groups is 1. The fraction of sp³-hybridized carbons (Fsp3) is 0.286. The van der Waals surface area contributed by atoms with E-state index in [0.717, 1.165) is 0 Å². The van der Waals surface area contributed by atoms with Crippen LogP contribution in [0.3, 0.4) is 0 Å². The number of rotatable bonds is 6. The zero-order chi connectivity index (χ0) is 14.1. The fourth-order valence-corrected chi connectivity index (χ4v) is 1.32. The van der Waals surface area contributed by atoms with E-state index in [0.29, 0.717) is 23.7 Å². The SMILES string of the molecule is CCOC(=O)/C=C/COc1cc(C#N)cc(OC)c1. The molecule has 0 saturated carbocycles. The topological polar surface area (TPSA) is 68.5 Å². The molecule has 0 aliphatic rings. The first-order valence-electron chi connectivity index (χ1n) is 5.75. The molecule has 1 aromatic rings. The normalized spacial score (nSPS) is 9.95. The standard InChI is InChI=1S/C14H15NO4/c1-3-18-14(16)5-4-6-19-13-8-11(10-15)7-12(9-13)17-2/h4-5,7-9H,3,6H2,1-2H3/b5-4+. The molecule has 5 heteroatoms. The van der Waals surface area contributed by atoms with Crippen LogP contribution in [0, 0.1) is 11.3 Å². The highest BCUT2D eigenvalue weighted by Crippen LogP contribution is 2.22. The molecule has 0 heterocycles. The summed E-state index contributed by atoms with van der Waals surface area (Å²) in [5.74, 6) is 0.641. The smallest absolute Gasteiger partial charge is 0.330 e. The zero-order valence-electron chi connectivity index (χ0n) is 10.9. The number of hydrogen-bond acceptors (Lipinski definition) is 5. The maximum atomic E-state index is 11.0. The monoisotopic (exact) mass is 261 g/mol. The molecule has 0 saturated heterocycles. The van der Waals surface area contributed by atoms with Gasteiger partial charge in [0.25, 0.3) is 0 Å². The summed E-state index contributed by atoms with van der Waals surface area (Å²) in [6, 6.07) is 6.89. The number of esters is 1. The predicted molar refractivity (Wildman–Crippen MR) is 69.0 cm³/mol. The highest BCUT2D eigenvalue weighted by molar-refractivity contribution is 5.81. The number of methoxy groups -OCH3 is 1. The van der Waals surface area contributed by atoms with Crippen LogP contribution in [-0.2, 0) is 9.53 Å². The quantitative estimate of drug-likeness (QED) is 0.579. The molecule has 0 aliphatic carbocycles. The summed E-state index contributed by atoms with van der Waals surface area (Å²) < 4.78 is 15.2. The molecule has 19 heavy (non-hydrogen) atoms. The van der Waals surface area contributed by atoms with E-state index in [4.69, 9.17) is 19.5 Å². The summed E-state index contributed by atoms with van der Waals surface area (Å²) in [6.45, 7) is 2.28. The Balaban J connectivity index is 2.58. The lowest BCUT2D eigenvalue weighted by atomic mass is 10.2. The molecule has 0 amide bonds. The second kappa shape index (κ2) is 7.77. The van der Waals surface area contributed by atoms with Crippen LogP contribution in [-0.4, -0.2) is 26.3 Å². The van der Waals surface area contributed by atoms with Crippen molar-refractivity contribution in [1.82, 2.24) is 0 Å². The summed E-state index contributed by atoms with van der Waals surface area (Å²) in [5.41, 5.74) is 0.448. The average Bonchev–Trinajstić information content (AvgIpc) is 2.43. The Morgan fingerprint density at radius 3 is 2.74 bits per heavy atom. The van der Waals surface area contributed by atoms with E-state index < -0.39 is 5.97 Å². The van der Waals surface area contributed by atoms with Crippen molar-refractivity contribution in [3.05, 3.63) is 35.9 Å². The van der Waals surface area contributed by atoms with Gasteiger partial charge in [-0.3, -0.25) is 0 Å². The highest BCUT2D eigenvalue weighted by Gasteiger charge is 2.01. The van der Waals surface area contributed by atoms with Crippen LogP contribution < -0.4 is 9.47 Å². The largest absolute Gasteiger partial charge is 0.497 e. The molecule has 0 fully saturated rings. The Kier molecular flexibility index (Phi) is 5.96. The minimum Gasteiger partial charge on any atom is -0.497 e. The average molecular weight is 261 g/mol. The molecule has 0 aromatic heterocycles. The molecule has 0 aliphatic heterocycles. The van der Waals surface area contributed by atoms with Gasteiger partial charge in [0.1, 0.15) is 18.1 Å². The van der Waals surface area contributed by atoms with E-state index >= 15 is 0 Å². The van der Waals surface area contributed by atoms with E-state index in [2.05, 4.69) is 0 Å². The maximum absolute atomic E-state index is 11.0. The molecule has 0 bridgehead atoms. The molecule has 1 rings (SSSR count). The van der Waals surface area contributed by atoms with E-state index in [1.807, 2.05) is 6.07 Å². The van der Waals surface area contributed by atoms with Gasteiger partial charge in [-0.1, -0.05) is 0 Å². The second-order valence-electron chi connectivity index (χ2n) is 3.47. The number of carbonyl (C=O) groups excluding carboxylic acids is 1. The molecule has 0 N–H and O–H groups in total. The van der Waals surface area contributed by atoms with Gasteiger partial charge in [0.15, 0.2) is 0 Å². The first-order valence-corrected chi connectivity index (χ1v) is 5.75. The van der Waals surface area contributed by atoms with Crippen LogP contribution in [0.4, 0.5) is 0 Å². The summed E-state index contributed by atoms with van der Waals surface area (Å²) in [4.78, 5) is 11.0. The van der Waals surface area contributed by atoms with Gasteiger partial charge >= 0.3 is 5.97 Å². The molecule has 0 radical (unpaired) electrons. The van der Waals surface area contributed by atoms with Gasteiger partial charge < -0.3 is 14.2 Å². The molecule has 0 atom stereocenters. The zero-order valence-corrected chi connectivity index (χ0v) is 10.9. The number of nitriles is 1. The third-order valence-electron chi connectivity index (χ3n) is 2.13. The Morgan fingerprint density at radius 1 is 1.37 bits per heavy atom. The van der Waals surface area contributed by atoms with Crippen molar-refractivity contribution in [2.24, 2.45) is 0 Å². The Hall–Kier alpha value is -2.48. The van der Waals surface area contributed by atoms with Crippen molar-refractivity contribution in [1.29, 1.82) is 5.26 Å². The molecular formula is C14H15NO4.